The second-order valence-electron chi connectivity index (χ2n) is 5.68. The summed E-state index contributed by atoms with van der Waals surface area (Å²) in [5.41, 5.74) is 5.87. The van der Waals surface area contributed by atoms with E-state index < -0.39 is 0 Å². The Morgan fingerprint density at radius 1 is 1.25 bits per heavy atom. The number of halogens is 1. The molecule has 0 saturated carbocycles. The zero-order valence-corrected chi connectivity index (χ0v) is 12.4. The fourth-order valence-electron chi connectivity index (χ4n) is 3.13. The SMILES string of the molecule is Cc1cc(-n2nc3c(c2C)[C@H](C)NCC3)cc(C)c1F. The molecule has 1 aliphatic rings. The number of nitrogens with zero attached hydrogens (tertiary/aromatic N) is 2. The van der Waals surface area contributed by atoms with Gasteiger partial charge in [0.15, 0.2) is 0 Å². The highest BCUT2D eigenvalue weighted by molar-refractivity contribution is 5.44. The standard InChI is InChI=1S/C16H20FN3/c1-9-7-13(8-10(2)16(9)17)20-12(4)15-11(3)18-6-5-14(15)19-20/h7-8,11,18H,5-6H2,1-4H3/t11-/m0/s1. The normalized spacial score (nSPS) is 18.1. The lowest BCUT2D eigenvalue weighted by atomic mass is 10.0. The second-order valence-corrected chi connectivity index (χ2v) is 5.68. The van der Waals surface area contributed by atoms with Crippen LogP contribution in [0.2, 0.25) is 0 Å². The largest absolute Gasteiger partial charge is 0.310 e. The fraction of sp³-hybridized carbons (Fsp3) is 0.438. The highest BCUT2D eigenvalue weighted by Crippen LogP contribution is 2.28. The van der Waals surface area contributed by atoms with Gasteiger partial charge in [-0.15, -0.1) is 0 Å². The molecule has 0 saturated heterocycles. The smallest absolute Gasteiger partial charge is 0.129 e. The first-order valence-electron chi connectivity index (χ1n) is 7.08. The first kappa shape index (κ1) is 13.3. The molecule has 0 amide bonds. The van der Waals surface area contributed by atoms with Gasteiger partial charge in [-0.05, 0) is 51.0 Å². The van der Waals surface area contributed by atoms with Gasteiger partial charge in [0.1, 0.15) is 5.82 Å². The molecule has 20 heavy (non-hydrogen) atoms. The van der Waals surface area contributed by atoms with Crippen LogP contribution in [0.3, 0.4) is 0 Å². The van der Waals surface area contributed by atoms with Gasteiger partial charge >= 0.3 is 0 Å². The molecule has 3 nitrogen and oxygen atoms in total. The third-order valence-electron chi connectivity index (χ3n) is 4.15. The first-order chi connectivity index (χ1) is 9.49. The van der Waals surface area contributed by atoms with Gasteiger partial charge in [-0.1, -0.05) is 0 Å². The molecule has 0 aliphatic carbocycles. The van der Waals surface area contributed by atoms with Crippen molar-refractivity contribution < 1.29 is 4.39 Å². The lowest BCUT2D eigenvalue weighted by Crippen LogP contribution is -2.27. The number of aryl methyl sites for hydroxylation is 2. The molecule has 3 rings (SSSR count). The van der Waals surface area contributed by atoms with E-state index in [4.69, 9.17) is 5.10 Å². The van der Waals surface area contributed by atoms with Crippen LogP contribution in [0, 0.1) is 26.6 Å². The number of hydrogen-bond acceptors (Lipinski definition) is 2. The lowest BCUT2D eigenvalue weighted by Gasteiger charge is -2.19. The lowest BCUT2D eigenvalue weighted by molar-refractivity contribution is 0.536. The van der Waals surface area contributed by atoms with E-state index in [1.807, 2.05) is 16.8 Å². The molecule has 0 spiro atoms. The topological polar surface area (TPSA) is 29.9 Å². The summed E-state index contributed by atoms with van der Waals surface area (Å²) >= 11 is 0. The zero-order chi connectivity index (χ0) is 14.4. The Morgan fingerprint density at radius 3 is 2.50 bits per heavy atom. The predicted molar refractivity (Wildman–Crippen MR) is 77.9 cm³/mol. The van der Waals surface area contributed by atoms with Crippen LogP contribution >= 0.6 is 0 Å². The summed E-state index contributed by atoms with van der Waals surface area (Å²) in [6.07, 6.45) is 0.951. The molecule has 2 heterocycles. The van der Waals surface area contributed by atoms with Crippen LogP contribution in [0.15, 0.2) is 12.1 Å². The Kier molecular flexibility index (Phi) is 3.13. The van der Waals surface area contributed by atoms with Gasteiger partial charge in [-0.2, -0.15) is 5.10 Å². The van der Waals surface area contributed by atoms with Crippen molar-refractivity contribution in [1.82, 2.24) is 15.1 Å². The van der Waals surface area contributed by atoms with Crippen molar-refractivity contribution >= 4 is 0 Å². The van der Waals surface area contributed by atoms with Gasteiger partial charge in [0.2, 0.25) is 0 Å². The number of fused-ring (bicyclic) bond motifs is 1. The van der Waals surface area contributed by atoms with E-state index in [0.29, 0.717) is 17.2 Å². The van der Waals surface area contributed by atoms with Crippen molar-refractivity contribution in [3.63, 3.8) is 0 Å². The third-order valence-corrected chi connectivity index (χ3v) is 4.15. The van der Waals surface area contributed by atoms with Crippen LogP contribution in [0.4, 0.5) is 4.39 Å². The molecule has 4 heteroatoms. The van der Waals surface area contributed by atoms with Gasteiger partial charge in [-0.3, -0.25) is 0 Å². The van der Waals surface area contributed by atoms with Gasteiger partial charge in [0, 0.05) is 30.3 Å². The molecule has 1 atom stereocenters. The van der Waals surface area contributed by atoms with E-state index in [-0.39, 0.29) is 5.82 Å². The second kappa shape index (κ2) is 4.70. The van der Waals surface area contributed by atoms with E-state index >= 15 is 0 Å². The average molecular weight is 273 g/mol. The predicted octanol–water partition coefficient (Wildman–Crippen LogP) is 3.14. The highest BCUT2D eigenvalue weighted by Gasteiger charge is 2.24. The fourth-order valence-corrected chi connectivity index (χ4v) is 3.13. The Bertz CT molecular complexity index is 650. The monoisotopic (exact) mass is 273 g/mol. The minimum Gasteiger partial charge on any atom is -0.310 e. The van der Waals surface area contributed by atoms with Gasteiger partial charge in [-0.25, -0.2) is 9.07 Å². The van der Waals surface area contributed by atoms with Crippen molar-refractivity contribution in [2.45, 2.75) is 40.2 Å². The highest BCUT2D eigenvalue weighted by atomic mass is 19.1. The number of aromatic nitrogens is 2. The van der Waals surface area contributed by atoms with Crippen LogP contribution in [0.25, 0.3) is 5.69 Å². The zero-order valence-electron chi connectivity index (χ0n) is 12.4. The van der Waals surface area contributed by atoms with Crippen molar-refractivity contribution in [1.29, 1.82) is 0 Å². The maximum atomic E-state index is 13.8. The van der Waals surface area contributed by atoms with E-state index in [0.717, 1.165) is 30.0 Å². The Balaban J connectivity index is 2.16. The molecule has 1 aromatic carbocycles. The van der Waals surface area contributed by atoms with E-state index in [2.05, 4.69) is 19.2 Å². The summed E-state index contributed by atoms with van der Waals surface area (Å²) < 4.78 is 15.7. The van der Waals surface area contributed by atoms with Crippen LogP contribution in [-0.2, 0) is 6.42 Å². The summed E-state index contributed by atoms with van der Waals surface area (Å²) in [7, 11) is 0. The van der Waals surface area contributed by atoms with Crippen molar-refractivity contribution in [2.75, 3.05) is 6.54 Å². The molecule has 1 aliphatic heterocycles. The molecule has 0 radical (unpaired) electrons. The molecule has 106 valence electrons. The van der Waals surface area contributed by atoms with Crippen LogP contribution < -0.4 is 5.32 Å². The summed E-state index contributed by atoms with van der Waals surface area (Å²) in [6.45, 7) is 8.82. The van der Waals surface area contributed by atoms with Crippen LogP contribution in [0.5, 0.6) is 0 Å². The van der Waals surface area contributed by atoms with Crippen molar-refractivity contribution in [3.05, 3.63) is 46.0 Å². The summed E-state index contributed by atoms with van der Waals surface area (Å²) in [6, 6.07) is 4.06. The van der Waals surface area contributed by atoms with Gasteiger partial charge in [0.05, 0.1) is 11.4 Å². The molecular formula is C16H20FN3. The Hall–Kier alpha value is -1.68. The van der Waals surface area contributed by atoms with Crippen LogP contribution in [0.1, 0.15) is 41.0 Å². The molecule has 1 aromatic heterocycles. The third kappa shape index (κ3) is 1.95. The number of hydrogen-bond donors (Lipinski definition) is 1. The Morgan fingerprint density at radius 2 is 1.90 bits per heavy atom. The summed E-state index contributed by atoms with van der Waals surface area (Å²) in [4.78, 5) is 0. The first-order valence-corrected chi connectivity index (χ1v) is 7.08. The van der Waals surface area contributed by atoms with Crippen molar-refractivity contribution in [3.8, 4) is 5.69 Å². The average Bonchev–Trinajstić information content (AvgIpc) is 2.74. The summed E-state index contributed by atoms with van der Waals surface area (Å²) in [5, 5.41) is 8.20. The van der Waals surface area contributed by atoms with Gasteiger partial charge in [0.25, 0.3) is 0 Å². The molecule has 0 bridgehead atoms. The Labute approximate surface area is 118 Å². The molecule has 0 unspecified atom stereocenters. The number of rotatable bonds is 1. The van der Waals surface area contributed by atoms with Crippen LogP contribution in [-0.4, -0.2) is 16.3 Å². The quantitative estimate of drug-likeness (QED) is 0.865. The van der Waals surface area contributed by atoms with E-state index in [1.165, 1.54) is 5.56 Å². The number of benzene rings is 1. The van der Waals surface area contributed by atoms with Gasteiger partial charge < -0.3 is 5.32 Å². The maximum Gasteiger partial charge on any atom is 0.129 e. The molecule has 1 N–H and O–H groups in total. The minimum atomic E-state index is -0.127. The van der Waals surface area contributed by atoms with Crippen molar-refractivity contribution in [2.24, 2.45) is 0 Å². The molecule has 2 aromatic rings. The minimum absolute atomic E-state index is 0.127. The summed E-state index contributed by atoms with van der Waals surface area (Å²) in [5.74, 6) is -0.127. The van der Waals surface area contributed by atoms with E-state index in [1.54, 1.807) is 13.8 Å². The maximum absolute atomic E-state index is 13.8. The molecular weight excluding hydrogens is 253 g/mol. The molecule has 0 fully saturated rings. The van der Waals surface area contributed by atoms with E-state index in [9.17, 15) is 4.39 Å². The number of nitrogens with one attached hydrogen (secondary N) is 1.